The number of aromatic nitrogens is 4. The first-order chi connectivity index (χ1) is 15.5. The number of hydrogen-bond donors (Lipinski definition) is 1. The van der Waals surface area contributed by atoms with Crippen molar-refractivity contribution < 1.29 is 14.3 Å². The minimum atomic E-state index is -0.574. The van der Waals surface area contributed by atoms with Crippen LogP contribution in [-0.2, 0) is 4.74 Å². The van der Waals surface area contributed by atoms with Crippen LogP contribution < -0.4 is 0 Å². The monoisotopic (exact) mass is 468 g/mol. The minimum absolute atomic E-state index is 0.115. The van der Waals surface area contributed by atoms with Gasteiger partial charge in [-0.05, 0) is 73.8 Å². The van der Waals surface area contributed by atoms with E-state index in [0.29, 0.717) is 16.3 Å². The Kier molecular flexibility index (Phi) is 8.13. The molecule has 0 amide bonds. The lowest BCUT2D eigenvalue weighted by atomic mass is 10.2. The van der Waals surface area contributed by atoms with Crippen LogP contribution in [0.15, 0.2) is 60.1 Å². The highest BCUT2D eigenvalue weighted by Crippen LogP contribution is 2.14. The number of benzene rings is 1. The SMILES string of the molecule is C(=Cc1cccs1)c1ccn[nH]1.CCOC(=O)c1cc(C)nn1C(=O)c1ccc(Cl)cc1. The molecule has 1 aromatic carbocycles. The molecule has 0 saturated heterocycles. The number of nitrogens with one attached hydrogen (secondary N) is 1. The van der Waals surface area contributed by atoms with Crippen LogP contribution in [0.2, 0.25) is 5.02 Å². The zero-order valence-corrected chi connectivity index (χ0v) is 19.1. The highest BCUT2D eigenvalue weighted by Gasteiger charge is 2.20. The quantitative estimate of drug-likeness (QED) is 0.398. The minimum Gasteiger partial charge on any atom is -0.461 e. The van der Waals surface area contributed by atoms with Gasteiger partial charge in [-0.2, -0.15) is 14.9 Å². The van der Waals surface area contributed by atoms with Crippen LogP contribution in [-0.4, -0.2) is 38.5 Å². The predicted octanol–water partition coefficient (Wildman–Crippen LogP) is 5.35. The van der Waals surface area contributed by atoms with E-state index < -0.39 is 11.9 Å². The van der Waals surface area contributed by atoms with E-state index in [0.717, 1.165) is 10.4 Å². The second-order valence-electron chi connectivity index (χ2n) is 6.48. The Balaban J connectivity index is 0.000000204. The molecular weight excluding hydrogens is 448 g/mol. The van der Waals surface area contributed by atoms with Crippen molar-refractivity contribution in [1.29, 1.82) is 0 Å². The molecule has 4 aromatic rings. The molecule has 0 saturated carbocycles. The molecule has 1 N–H and O–H groups in total. The first kappa shape index (κ1) is 23.2. The lowest BCUT2D eigenvalue weighted by molar-refractivity contribution is 0.0507. The van der Waals surface area contributed by atoms with Crippen molar-refractivity contribution >= 4 is 47.0 Å². The number of thiophene rings is 1. The number of halogens is 1. The maximum absolute atomic E-state index is 12.4. The third-order valence-electron chi connectivity index (χ3n) is 4.09. The predicted molar refractivity (Wildman–Crippen MR) is 126 cm³/mol. The fraction of sp³-hybridized carbons (Fsp3) is 0.130. The number of nitrogens with zero attached hydrogens (tertiary/aromatic N) is 3. The van der Waals surface area contributed by atoms with Gasteiger partial charge in [0.1, 0.15) is 0 Å². The Bertz CT molecular complexity index is 1140. The summed E-state index contributed by atoms with van der Waals surface area (Å²) >= 11 is 7.51. The van der Waals surface area contributed by atoms with Gasteiger partial charge in [-0.3, -0.25) is 9.89 Å². The molecule has 7 nitrogen and oxygen atoms in total. The van der Waals surface area contributed by atoms with Crippen molar-refractivity contribution in [3.05, 3.63) is 92.7 Å². The van der Waals surface area contributed by atoms with Gasteiger partial charge in [-0.1, -0.05) is 17.7 Å². The number of H-pyrrole nitrogens is 1. The number of hydrogen-bond acceptors (Lipinski definition) is 6. The van der Waals surface area contributed by atoms with Gasteiger partial charge < -0.3 is 4.74 Å². The molecule has 0 unspecified atom stereocenters. The van der Waals surface area contributed by atoms with Gasteiger partial charge in [0.15, 0.2) is 5.69 Å². The number of carbonyl (C=O) groups is 2. The van der Waals surface area contributed by atoms with Crippen molar-refractivity contribution in [3.8, 4) is 0 Å². The van der Waals surface area contributed by atoms with Crippen LogP contribution in [0.25, 0.3) is 12.2 Å². The highest BCUT2D eigenvalue weighted by molar-refractivity contribution is 7.10. The summed E-state index contributed by atoms with van der Waals surface area (Å²) in [4.78, 5) is 25.4. The number of esters is 1. The Morgan fingerprint density at radius 1 is 1.19 bits per heavy atom. The molecule has 164 valence electrons. The summed E-state index contributed by atoms with van der Waals surface area (Å²) in [5, 5.41) is 13.4. The van der Waals surface area contributed by atoms with Gasteiger partial charge in [0.2, 0.25) is 0 Å². The largest absolute Gasteiger partial charge is 0.461 e. The molecule has 4 rings (SSSR count). The van der Waals surface area contributed by atoms with Gasteiger partial charge in [0, 0.05) is 21.7 Å². The standard InChI is InChI=1S/C14H13ClN2O3.C9H8N2S/c1-3-20-14(19)12-8-9(2)16-17(12)13(18)10-4-6-11(15)7-5-10;1-2-9(12-7-1)4-3-8-5-6-10-11-8/h4-8H,3H2,1-2H3;1-7H,(H,10,11). The van der Waals surface area contributed by atoms with Crippen molar-refractivity contribution in [3.63, 3.8) is 0 Å². The van der Waals surface area contributed by atoms with Crippen molar-refractivity contribution in [1.82, 2.24) is 20.0 Å². The van der Waals surface area contributed by atoms with Crippen LogP contribution in [0, 0.1) is 6.92 Å². The van der Waals surface area contributed by atoms with Crippen LogP contribution in [0.4, 0.5) is 0 Å². The van der Waals surface area contributed by atoms with Gasteiger partial charge in [0.25, 0.3) is 5.91 Å². The van der Waals surface area contributed by atoms with Crippen LogP contribution >= 0.6 is 22.9 Å². The van der Waals surface area contributed by atoms with E-state index in [2.05, 4.69) is 32.8 Å². The van der Waals surface area contributed by atoms with Gasteiger partial charge in [-0.25, -0.2) is 4.79 Å². The highest BCUT2D eigenvalue weighted by atomic mass is 35.5. The molecule has 0 aliphatic rings. The molecule has 3 aromatic heterocycles. The normalized spacial score (nSPS) is 10.6. The first-order valence-electron chi connectivity index (χ1n) is 9.73. The fourth-order valence-electron chi connectivity index (χ4n) is 2.64. The van der Waals surface area contributed by atoms with Crippen LogP contribution in [0.3, 0.4) is 0 Å². The summed E-state index contributed by atoms with van der Waals surface area (Å²) < 4.78 is 5.97. The van der Waals surface area contributed by atoms with Gasteiger partial charge in [-0.15, -0.1) is 11.3 Å². The molecule has 3 heterocycles. The molecular formula is C23H21ClN4O3S. The summed E-state index contributed by atoms with van der Waals surface area (Å²) in [5.41, 5.74) is 2.10. The number of rotatable bonds is 5. The lowest BCUT2D eigenvalue weighted by Gasteiger charge is -2.05. The first-order valence-corrected chi connectivity index (χ1v) is 11.0. The number of aryl methyl sites for hydroxylation is 1. The molecule has 0 fully saturated rings. The summed E-state index contributed by atoms with van der Waals surface area (Å²) in [5.74, 6) is -0.978. The van der Waals surface area contributed by atoms with E-state index in [9.17, 15) is 9.59 Å². The Morgan fingerprint density at radius 2 is 1.97 bits per heavy atom. The van der Waals surface area contributed by atoms with E-state index in [1.54, 1.807) is 55.6 Å². The summed E-state index contributed by atoms with van der Waals surface area (Å²) in [6.45, 7) is 3.64. The third-order valence-corrected chi connectivity index (χ3v) is 5.18. The fourth-order valence-corrected chi connectivity index (χ4v) is 3.38. The van der Waals surface area contributed by atoms with Crippen LogP contribution in [0.5, 0.6) is 0 Å². The summed E-state index contributed by atoms with van der Waals surface area (Å²) in [6, 6.07) is 13.9. The topological polar surface area (TPSA) is 89.9 Å². The van der Waals surface area contributed by atoms with Gasteiger partial charge >= 0.3 is 5.97 Å². The molecule has 0 bridgehead atoms. The molecule has 0 spiro atoms. The average Bonchev–Trinajstić information content (AvgIpc) is 3.55. The molecule has 0 aliphatic carbocycles. The number of ether oxygens (including phenoxy) is 1. The zero-order chi connectivity index (χ0) is 22.9. The molecule has 0 atom stereocenters. The summed E-state index contributed by atoms with van der Waals surface area (Å²) in [7, 11) is 0. The molecule has 0 radical (unpaired) electrons. The van der Waals surface area contributed by atoms with Crippen molar-refractivity contribution in [2.24, 2.45) is 0 Å². The Hall–Kier alpha value is -3.49. The number of aromatic amines is 1. The smallest absolute Gasteiger partial charge is 0.357 e. The van der Waals surface area contributed by atoms with Gasteiger partial charge in [0.05, 0.1) is 18.0 Å². The number of carbonyl (C=O) groups excluding carboxylic acids is 2. The second kappa shape index (κ2) is 11.2. The molecule has 0 aliphatic heterocycles. The van der Waals surface area contributed by atoms with E-state index in [4.69, 9.17) is 16.3 Å². The van der Waals surface area contributed by atoms with E-state index in [-0.39, 0.29) is 12.3 Å². The van der Waals surface area contributed by atoms with E-state index in [1.807, 2.05) is 18.2 Å². The molecule has 32 heavy (non-hydrogen) atoms. The average molecular weight is 469 g/mol. The maximum atomic E-state index is 12.4. The lowest BCUT2D eigenvalue weighted by Crippen LogP contribution is -2.20. The third kappa shape index (κ3) is 6.26. The van der Waals surface area contributed by atoms with E-state index >= 15 is 0 Å². The Labute approximate surface area is 194 Å². The Morgan fingerprint density at radius 3 is 2.59 bits per heavy atom. The summed E-state index contributed by atoms with van der Waals surface area (Å²) in [6.07, 6.45) is 5.82. The molecule has 9 heteroatoms. The zero-order valence-electron chi connectivity index (χ0n) is 17.5. The van der Waals surface area contributed by atoms with Crippen molar-refractivity contribution in [2.75, 3.05) is 6.61 Å². The maximum Gasteiger partial charge on any atom is 0.357 e. The van der Waals surface area contributed by atoms with Crippen LogP contribution in [0.1, 0.15) is 44.0 Å². The van der Waals surface area contributed by atoms with Crippen molar-refractivity contribution in [2.45, 2.75) is 13.8 Å². The second-order valence-corrected chi connectivity index (χ2v) is 7.89. The van der Waals surface area contributed by atoms with E-state index in [1.165, 1.54) is 10.9 Å².